The van der Waals surface area contributed by atoms with Crippen molar-refractivity contribution >= 4 is 0 Å². The van der Waals surface area contributed by atoms with E-state index in [1.807, 2.05) is 0 Å². The van der Waals surface area contributed by atoms with Gasteiger partial charge in [0, 0.05) is 6.42 Å². The molecule has 4 heteroatoms. The van der Waals surface area contributed by atoms with Crippen molar-refractivity contribution < 1.29 is 0 Å². The molecule has 0 unspecified atom stereocenters. The summed E-state index contributed by atoms with van der Waals surface area (Å²) in [4.78, 5) is 7.06. The summed E-state index contributed by atoms with van der Waals surface area (Å²) in [6.07, 6.45) is 6.05. The summed E-state index contributed by atoms with van der Waals surface area (Å²) in [7, 11) is 0. The average Bonchev–Trinajstić information content (AvgIpc) is 3.16. The fraction of sp³-hybridized carbons (Fsp3) is 0.556. The molecule has 1 saturated heterocycles. The third kappa shape index (κ3) is 2.35. The van der Waals surface area contributed by atoms with Crippen LogP contribution in [0.4, 0.5) is 0 Å². The molecule has 4 nitrogen and oxygen atoms in total. The Hall–Kier alpha value is -1.68. The fourth-order valence-electron chi connectivity index (χ4n) is 4.20. The van der Waals surface area contributed by atoms with Gasteiger partial charge in [0.05, 0.1) is 6.54 Å². The third-order valence-electron chi connectivity index (χ3n) is 5.54. The molecule has 1 spiro atoms. The first-order valence-corrected chi connectivity index (χ1v) is 8.50. The second-order valence-electron chi connectivity index (χ2n) is 6.77. The normalized spacial score (nSPS) is 20.4. The number of nitrogens with zero attached hydrogens (tertiary/aromatic N) is 3. The maximum atomic E-state index is 4.54. The standard InChI is InChI=1S/C18H24N4/c1-2-16-19-17(21-20-16)13-22-11-9-18(10-12-22)8-7-14-5-3-4-6-15(14)18/h3-6H,2,7-13H2,1H3,(H,19,20,21). The van der Waals surface area contributed by atoms with Gasteiger partial charge in [-0.3, -0.25) is 10.00 Å². The highest BCUT2D eigenvalue weighted by molar-refractivity contribution is 5.39. The average molecular weight is 296 g/mol. The number of benzene rings is 1. The molecule has 1 aliphatic carbocycles. The number of nitrogens with one attached hydrogen (secondary N) is 1. The number of hydrogen-bond donors (Lipinski definition) is 1. The van der Waals surface area contributed by atoms with E-state index in [-0.39, 0.29) is 0 Å². The van der Waals surface area contributed by atoms with Gasteiger partial charge in [0.15, 0.2) is 0 Å². The molecule has 2 heterocycles. The van der Waals surface area contributed by atoms with Crippen LogP contribution in [0.3, 0.4) is 0 Å². The zero-order chi connectivity index (χ0) is 15.0. The Morgan fingerprint density at radius 1 is 1.18 bits per heavy atom. The molecule has 1 aromatic heterocycles. The van der Waals surface area contributed by atoms with Gasteiger partial charge in [-0.15, -0.1) is 0 Å². The number of likely N-dealkylation sites (tertiary alicyclic amines) is 1. The first kappa shape index (κ1) is 13.9. The van der Waals surface area contributed by atoms with Crippen LogP contribution in [0.15, 0.2) is 24.3 Å². The van der Waals surface area contributed by atoms with Crippen LogP contribution in [0.1, 0.15) is 49.0 Å². The number of rotatable bonds is 3. The SMILES string of the molecule is CCc1n[nH]c(CN2CCC3(CCc4ccccc43)CC2)n1. The first-order chi connectivity index (χ1) is 10.8. The molecule has 0 radical (unpaired) electrons. The lowest BCUT2D eigenvalue weighted by Crippen LogP contribution is -2.41. The molecule has 116 valence electrons. The second kappa shape index (κ2) is 5.51. The van der Waals surface area contributed by atoms with Crippen LogP contribution in [0.2, 0.25) is 0 Å². The van der Waals surface area contributed by atoms with Gasteiger partial charge in [-0.05, 0) is 55.3 Å². The van der Waals surface area contributed by atoms with E-state index in [0.29, 0.717) is 5.41 Å². The molecular formula is C18H24N4. The molecule has 1 fully saturated rings. The Morgan fingerprint density at radius 3 is 2.77 bits per heavy atom. The molecule has 2 aromatic rings. The lowest BCUT2D eigenvalue weighted by Gasteiger charge is -2.40. The van der Waals surface area contributed by atoms with Crippen LogP contribution in [0.5, 0.6) is 0 Å². The van der Waals surface area contributed by atoms with Crippen molar-refractivity contribution in [2.45, 2.75) is 51.0 Å². The van der Waals surface area contributed by atoms with Crippen LogP contribution in [0, 0.1) is 0 Å². The van der Waals surface area contributed by atoms with E-state index in [1.54, 1.807) is 11.1 Å². The largest absolute Gasteiger partial charge is 0.296 e. The molecule has 22 heavy (non-hydrogen) atoms. The lowest BCUT2D eigenvalue weighted by molar-refractivity contribution is 0.149. The van der Waals surface area contributed by atoms with Gasteiger partial charge in [0.2, 0.25) is 0 Å². The maximum Gasteiger partial charge on any atom is 0.150 e. The molecule has 0 saturated carbocycles. The predicted molar refractivity (Wildman–Crippen MR) is 86.7 cm³/mol. The quantitative estimate of drug-likeness (QED) is 0.947. The summed E-state index contributed by atoms with van der Waals surface area (Å²) < 4.78 is 0. The van der Waals surface area contributed by atoms with Gasteiger partial charge in [0.25, 0.3) is 0 Å². The van der Waals surface area contributed by atoms with Crippen LogP contribution < -0.4 is 0 Å². The van der Waals surface area contributed by atoms with Crippen molar-refractivity contribution in [3.8, 4) is 0 Å². The zero-order valence-electron chi connectivity index (χ0n) is 13.3. The topological polar surface area (TPSA) is 44.8 Å². The van der Waals surface area contributed by atoms with Gasteiger partial charge in [-0.1, -0.05) is 31.2 Å². The van der Waals surface area contributed by atoms with E-state index < -0.39 is 0 Å². The van der Waals surface area contributed by atoms with Crippen LogP contribution in [0.25, 0.3) is 0 Å². The number of aromatic amines is 1. The van der Waals surface area contributed by atoms with E-state index in [9.17, 15) is 0 Å². The Labute approximate surface area is 132 Å². The fourth-order valence-corrected chi connectivity index (χ4v) is 4.20. The number of aromatic nitrogens is 3. The minimum absolute atomic E-state index is 0.448. The van der Waals surface area contributed by atoms with E-state index in [0.717, 1.165) is 37.7 Å². The zero-order valence-corrected chi connectivity index (χ0v) is 13.3. The molecule has 1 aromatic carbocycles. The summed E-state index contributed by atoms with van der Waals surface area (Å²) in [6.45, 7) is 5.33. The number of aryl methyl sites for hydroxylation is 2. The molecule has 2 aliphatic rings. The van der Waals surface area contributed by atoms with E-state index in [2.05, 4.69) is 51.3 Å². The molecule has 1 N–H and O–H groups in total. The molecular weight excluding hydrogens is 272 g/mol. The Kier molecular flexibility index (Phi) is 3.49. The number of hydrogen-bond acceptors (Lipinski definition) is 3. The van der Waals surface area contributed by atoms with Crippen molar-refractivity contribution in [2.75, 3.05) is 13.1 Å². The molecule has 1 aliphatic heterocycles. The number of fused-ring (bicyclic) bond motifs is 2. The van der Waals surface area contributed by atoms with Crippen LogP contribution in [-0.2, 0) is 24.8 Å². The minimum Gasteiger partial charge on any atom is -0.296 e. The first-order valence-electron chi connectivity index (χ1n) is 8.50. The third-order valence-corrected chi connectivity index (χ3v) is 5.54. The maximum absolute atomic E-state index is 4.54. The van der Waals surface area contributed by atoms with Gasteiger partial charge >= 0.3 is 0 Å². The second-order valence-corrected chi connectivity index (χ2v) is 6.77. The van der Waals surface area contributed by atoms with Crippen molar-refractivity contribution in [1.29, 1.82) is 0 Å². The van der Waals surface area contributed by atoms with Crippen molar-refractivity contribution in [3.63, 3.8) is 0 Å². The summed E-state index contributed by atoms with van der Waals surface area (Å²) in [5.41, 5.74) is 3.66. The predicted octanol–water partition coefficient (Wildman–Crippen LogP) is 2.85. The van der Waals surface area contributed by atoms with Crippen molar-refractivity contribution in [2.24, 2.45) is 0 Å². The summed E-state index contributed by atoms with van der Waals surface area (Å²) in [6, 6.07) is 9.07. The Morgan fingerprint density at radius 2 is 2.00 bits per heavy atom. The highest BCUT2D eigenvalue weighted by Crippen LogP contribution is 2.46. The monoisotopic (exact) mass is 296 g/mol. The highest BCUT2D eigenvalue weighted by atomic mass is 15.2. The summed E-state index contributed by atoms with van der Waals surface area (Å²) in [5.74, 6) is 1.94. The molecule has 0 bridgehead atoms. The Bertz CT molecular complexity index is 653. The highest BCUT2D eigenvalue weighted by Gasteiger charge is 2.40. The van der Waals surface area contributed by atoms with Crippen molar-refractivity contribution in [3.05, 3.63) is 47.0 Å². The smallest absolute Gasteiger partial charge is 0.150 e. The van der Waals surface area contributed by atoms with Gasteiger partial charge < -0.3 is 0 Å². The van der Waals surface area contributed by atoms with E-state index in [1.165, 1.54) is 25.7 Å². The van der Waals surface area contributed by atoms with E-state index in [4.69, 9.17) is 0 Å². The number of piperidine rings is 1. The molecule has 4 rings (SSSR count). The lowest BCUT2D eigenvalue weighted by atomic mass is 9.74. The summed E-state index contributed by atoms with van der Waals surface area (Å²) in [5, 5.41) is 7.32. The minimum atomic E-state index is 0.448. The van der Waals surface area contributed by atoms with E-state index >= 15 is 0 Å². The van der Waals surface area contributed by atoms with Gasteiger partial charge in [-0.25, -0.2) is 4.98 Å². The number of H-pyrrole nitrogens is 1. The summed E-state index contributed by atoms with van der Waals surface area (Å²) >= 11 is 0. The van der Waals surface area contributed by atoms with Gasteiger partial charge in [-0.2, -0.15) is 5.10 Å². The van der Waals surface area contributed by atoms with Crippen LogP contribution in [-0.4, -0.2) is 33.2 Å². The van der Waals surface area contributed by atoms with Crippen LogP contribution >= 0.6 is 0 Å². The van der Waals surface area contributed by atoms with Crippen molar-refractivity contribution in [1.82, 2.24) is 20.1 Å². The molecule has 0 amide bonds. The van der Waals surface area contributed by atoms with Gasteiger partial charge in [0.1, 0.15) is 11.6 Å². The Balaban J connectivity index is 1.43. The molecule has 0 atom stereocenters.